The number of anilines is 2. The summed E-state index contributed by atoms with van der Waals surface area (Å²) in [6, 6.07) is 3.34. The first-order valence-corrected chi connectivity index (χ1v) is 15.9. The maximum absolute atomic E-state index is 12.2. The zero-order valence-electron chi connectivity index (χ0n) is 17.6. The van der Waals surface area contributed by atoms with Gasteiger partial charge in [-0.15, -0.1) is 0 Å². The predicted octanol–water partition coefficient (Wildman–Crippen LogP) is 5.32. The molecule has 0 saturated heterocycles. The van der Waals surface area contributed by atoms with Gasteiger partial charge >= 0.3 is 11.9 Å². The molecule has 0 heterocycles. The Labute approximate surface area is 287 Å². The third-order valence-electron chi connectivity index (χ3n) is 4.14. The minimum absolute atomic E-state index is 0.0453. The van der Waals surface area contributed by atoms with Gasteiger partial charge in [-0.25, -0.2) is 9.59 Å². The molecule has 4 N–H and O–H groups in total. The van der Waals surface area contributed by atoms with Gasteiger partial charge < -0.3 is 30.3 Å². The molecular formula is C20H14I6N2O8. The van der Waals surface area contributed by atoms with E-state index >= 15 is 0 Å². The molecule has 0 aromatic heterocycles. The van der Waals surface area contributed by atoms with E-state index in [1.807, 2.05) is 136 Å². The zero-order chi connectivity index (χ0) is 27.2. The molecule has 36 heavy (non-hydrogen) atoms. The van der Waals surface area contributed by atoms with Gasteiger partial charge in [0.15, 0.2) is 0 Å². The lowest BCUT2D eigenvalue weighted by Gasteiger charge is -2.14. The van der Waals surface area contributed by atoms with Crippen molar-refractivity contribution in [2.45, 2.75) is 0 Å². The van der Waals surface area contributed by atoms with Gasteiger partial charge in [0.25, 0.3) is 0 Å². The molecular weight excluding hydrogens is 1160 g/mol. The topological polar surface area (TPSA) is 151 Å². The second-order valence-corrected chi connectivity index (χ2v) is 13.4. The number of carbonyl (C=O) groups excluding carboxylic acids is 2. The number of aromatic carboxylic acids is 2. The third kappa shape index (κ3) is 9.09. The van der Waals surface area contributed by atoms with Gasteiger partial charge in [0.1, 0.15) is 13.2 Å². The van der Waals surface area contributed by atoms with Gasteiger partial charge in [-0.05, 0) is 148 Å². The lowest BCUT2D eigenvalue weighted by atomic mass is 10.2. The van der Waals surface area contributed by atoms with Crippen LogP contribution in [0.3, 0.4) is 0 Å². The Balaban J connectivity index is 1.81. The number of ether oxygens (including phenoxy) is 2. The molecule has 2 rings (SSSR count). The molecule has 0 saturated carbocycles. The molecule has 0 aliphatic carbocycles. The van der Waals surface area contributed by atoms with Crippen molar-refractivity contribution in [3.8, 4) is 0 Å². The number of rotatable bonds is 11. The Morgan fingerprint density at radius 1 is 0.639 bits per heavy atom. The summed E-state index contributed by atoms with van der Waals surface area (Å²) in [5.74, 6) is -3.08. The van der Waals surface area contributed by atoms with Crippen LogP contribution in [0, 0.1) is 21.4 Å². The molecule has 0 unspecified atom stereocenters. The van der Waals surface area contributed by atoms with E-state index in [1.165, 1.54) is 0 Å². The summed E-state index contributed by atoms with van der Waals surface area (Å²) in [5.41, 5.74) is 1.05. The van der Waals surface area contributed by atoms with Crippen LogP contribution in [0.2, 0.25) is 0 Å². The highest BCUT2D eigenvalue weighted by molar-refractivity contribution is 14.1. The molecule has 194 valence electrons. The summed E-state index contributed by atoms with van der Waals surface area (Å²) in [6.45, 7) is -0.479. The smallest absolute Gasteiger partial charge is 0.337 e. The fourth-order valence-corrected chi connectivity index (χ4v) is 10.8. The number of benzene rings is 2. The maximum Gasteiger partial charge on any atom is 0.337 e. The summed E-state index contributed by atoms with van der Waals surface area (Å²) in [5, 5.41) is 24.1. The second kappa shape index (κ2) is 15.4. The SMILES string of the molecule is O=C(COCCOCC(=O)Nc1c(I)cc(I)c(C(=O)O)c1I)Nc1c(I)cc(I)c(C(=O)O)c1I. The first-order valence-electron chi connectivity index (χ1n) is 9.41. The van der Waals surface area contributed by atoms with Crippen LogP contribution in [-0.2, 0) is 19.1 Å². The second-order valence-electron chi connectivity index (χ2n) is 6.62. The van der Waals surface area contributed by atoms with Gasteiger partial charge in [0.05, 0.1) is 42.9 Å². The van der Waals surface area contributed by atoms with E-state index in [0.29, 0.717) is 32.8 Å². The van der Waals surface area contributed by atoms with Crippen molar-refractivity contribution in [1.29, 1.82) is 0 Å². The van der Waals surface area contributed by atoms with Crippen molar-refractivity contribution in [1.82, 2.24) is 0 Å². The quantitative estimate of drug-likeness (QED) is 0.175. The van der Waals surface area contributed by atoms with Crippen molar-refractivity contribution in [2.24, 2.45) is 0 Å². The molecule has 2 amide bonds. The highest BCUT2D eigenvalue weighted by atomic mass is 127. The minimum Gasteiger partial charge on any atom is -0.478 e. The number of nitrogens with one attached hydrogen (secondary N) is 2. The fraction of sp³-hybridized carbons (Fsp3) is 0.200. The van der Waals surface area contributed by atoms with E-state index in [9.17, 15) is 29.4 Å². The number of hydrogen-bond acceptors (Lipinski definition) is 6. The number of carboxylic acids is 2. The molecule has 0 aliphatic heterocycles. The standard InChI is InChI=1S/C20H14I6N2O8/c21-7-3-9(23)17(15(25)13(7)19(31)32)27-11(29)5-35-1-2-36-6-12(30)28-18-10(24)4-8(22)14(16(18)26)20(33)34/h3-4H,1-2,5-6H2,(H,27,29)(H,28,30)(H,31,32)(H,33,34). The molecule has 0 fully saturated rings. The molecule has 0 atom stereocenters. The Morgan fingerprint density at radius 2 is 0.972 bits per heavy atom. The summed E-state index contributed by atoms with van der Waals surface area (Å²) in [4.78, 5) is 47.5. The van der Waals surface area contributed by atoms with E-state index in [-0.39, 0.29) is 37.6 Å². The van der Waals surface area contributed by atoms with Crippen LogP contribution in [-0.4, -0.2) is 60.4 Å². The average Bonchev–Trinajstić information content (AvgIpc) is 2.75. The van der Waals surface area contributed by atoms with Crippen LogP contribution < -0.4 is 10.6 Å². The van der Waals surface area contributed by atoms with Crippen molar-refractivity contribution in [2.75, 3.05) is 37.1 Å². The minimum atomic E-state index is -1.08. The summed E-state index contributed by atoms with van der Waals surface area (Å²) in [6.07, 6.45) is 0. The number of carbonyl (C=O) groups is 4. The summed E-state index contributed by atoms with van der Waals surface area (Å²) in [7, 11) is 0. The Kier molecular flexibility index (Phi) is 14.1. The van der Waals surface area contributed by atoms with Gasteiger partial charge in [0.2, 0.25) is 11.8 Å². The lowest BCUT2D eigenvalue weighted by molar-refractivity contribution is -0.124. The molecule has 0 bridgehead atoms. The zero-order valence-corrected chi connectivity index (χ0v) is 30.5. The number of amides is 2. The first kappa shape index (κ1) is 32.8. The highest BCUT2D eigenvalue weighted by Crippen LogP contribution is 2.33. The van der Waals surface area contributed by atoms with Crippen molar-refractivity contribution in [3.63, 3.8) is 0 Å². The van der Waals surface area contributed by atoms with E-state index < -0.39 is 23.8 Å². The van der Waals surface area contributed by atoms with E-state index in [2.05, 4.69) is 10.6 Å². The van der Waals surface area contributed by atoms with Crippen LogP contribution in [0.4, 0.5) is 11.4 Å². The largest absolute Gasteiger partial charge is 0.478 e. The van der Waals surface area contributed by atoms with Gasteiger partial charge in [-0.3, -0.25) is 9.59 Å². The monoisotopic (exact) mass is 1170 g/mol. The number of hydrogen-bond donors (Lipinski definition) is 4. The van der Waals surface area contributed by atoms with Crippen LogP contribution >= 0.6 is 136 Å². The molecule has 10 nitrogen and oxygen atoms in total. The molecule has 0 aliphatic rings. The lowest BCUT2D eigenvalue weighted by Crippen LogP contribution is -2.23. The highest BCUT2D eigenvalue weighted by Gasteiger charge is 2.21. The molecule has 16 heteroatoms. The van der Waals surface area contributed by atoms with Crippen molar-refractivity contribution in [3.05, 3.63) is 44.7 Å². The molecule has 2 aromatic carbocycles. The Bertz CT molecular complexity index is 1130. The van der Waals surface area contributed by atoms with E-state index in [0.717, 1.165) is 0 Å². The Hall–Kier alpha value is 0.620. The van der Waals surface area contributed by atoms with E-state index in [1.54, 1.807) is 12.1 Å². The van der Waals surface area contributed by atoms with Crippen LogP contribution in [0.5, 0.6) is 0 Å². The molecule has 0 spiro atoms. The maximum atomic E-state index is 12.2. The Morgan fingerprint density at radius 3 is 1.28 bits per heavy atom. The summed E-state index contributed by atoms with van der Waals surface area (Å²) >= 11 is 11.7. The van der Waals surface area contributed by atoms with Crippen molar-refractivity contribution < 1.29 is 38.9 Å². The summed E-state index contributed by atoms with van der Waals surface area (Å²) < 4.78 is 13.9. The van der Waals surface area contributed by atoms with Crippen LogP contribution in [0.15, 0.2) is 12.1 Å². The van der Waals surface area contributed by atoms with Crippen LogP contribution in [0.25, 0.3) is 0 Å². The number of carboxylic acid groups (broad SMARTS) is 2. The molecule has 0 radical (unpaired) electrons. The normalized spacial score (nSPS) is 10.7. The predicted molar refractivity (Wildman–Crippen MR) is 182 cm³/mol. The molecule has 2 aromatic rings. The van der Waals surface area contributed by atoms with Gasteiger partial charge in [-0.1, -0.05) is 0 Å². The van der Waals surface area contributed by atoms with E-state index in [4.69, 9.17) is 9.47 Å². The fourth-order valence-electron chi connectivity index (χ4n) is 2.60. The third-order valence-corrected chi connectivity index (χ3v) is 9.70. The van der Waals surface area contributed by atoms with Crippen molar-refractivity contribution >= 4 is 171 Å². The first-order chi connectivity index (χ1) is 16.8. The van der Waals surface area contributed by atoms with Crippen LogP contribution in [0.1, 0.15) is 20.7 Å². The number of halogens is 6. The van der Waals surface area contributed by atoms with Gasteiger partial charge in [0, 0.05) is 14.3 Å². The average molecular weight is 1170 g/mol. The van der Waals surface area contributed by atoms with Gasteiger partial charge in [-0.2, -0.15) is 0 Å².